The average Bonchev–Trinajstić information content (AvgIpc) is 2.48. The van der Waals surface area contributed by atoms with Gasteiger partial charge in [-0.1, -0.05) is 25.8 Å². The predicted octanol–water partition coefficient (Wildman–Crippen LogP) is 3.46. The summed E-state index contributed by atoms with van der Waals surface area (Å²) < 4.78 is 10.4. The molecule has 1 aromatic carbocycles. The molecule has 4 heteroatoms. The quantitative estimate of drug-likeness (QED) is 0.682. The Morgan fingerprint density at radius 1 is 1.25 bits per heavy atom. The zero-order valence-corrected chi connectivity index (χ0v) is 12.3. The Morgan fingerprint density at radius 3 is 2.50 bits per heavy atom. The number of nitrogens with zero attached hydrogens (tertiary/aromatic N) is 1. The molecule has 0 saturated heterocycles. The standard InChI is InChI=1S/C16H21NO3/c1-4-5-6-7-14(18)13(11-17)12-8-9-15(19-2)16(10-12)20-3/h8-10,13H,4-7H2,1-3H3. The number of carbonyl (C=O) groups excluding carboxylic acids is 1. The zero-order chi connectivity index (χ0) is 15.0. The molecule has 0 saturated carbocycles. The number of ether oxygens (including phenoxy) is 2. The van der Waals surface area contributed by atoms with E-state index in [2.05, 4.69) is 13.0 Å². The van der Waals surface area contributed by atoms with Crippen molar-refractivity contribution in [1.29, 1.82) is 5.26 Å². The average molecular weight is 275 g/mol. The van der Waals surface area contributed by atoms with Crippen molar-refractivity contribution in [1.82, 2.24) is 0 Å². The molecule has 0 aliphatic heterocycles. The molecule has 1 unspecified atom stereocenters. The fraction of sp³-hybridized carbons (Fsp3) is 0.500. The molecule has 1 atom stereocenters. The lowest BCUT2D eigenvalue weighted by Crippen LogP contribution is -2.11. The van der Waals surface area contributed by atoms with Gasteiger partial charge in [0.05, 0.1) is 20.3 Å². The van der Waals surface area contributed by atoms with Gasteiger partial charge in [0.25, 0.3) is 0 Å². The van der Waals surface area contributed by atoms with Crippen molar-refractivity contribution < 1.29 is 14.3 Å². The summed E-state index contributed by atoms with van der Waals surface area (Å²) in [5.41, 5.74) is 0.659. The van der Waals surface area contributed by atoms with Crippen LogP contribution in [-0.4, -0.2) is 20.0 Å². The first-order chi connectivity index (χ1) is 9.67. The summed E-state index contributed by atoms with van der Waals surface area (Å²) in [4.78, 5) is 12.1. The molecule has 1 aromatic rings. The van der Waals surface area contributed by atoms with Gasteiger partial charge in [0, 0.05) is 6.42 Å². The van der Waals surface area contributed by atoms with Gasteiger partial charge in [0.2, 0.25) is 0 Å². The number of hydrogen-bond acceptors (Lipinski definition) is 4. The topological polar surface area (TPSA) is 59.3 Å². The maximum absolute atomic E-state index is 12.1. The van der Waals surface area contributed by atoms with Crippen LogP contribution in [0.25, 0.3) is 0 Å². The second-order valence-electron chi connectivity index (χ2n) is 4.60. The highest BCUT2D eigenvalue weighted by atomic mass is 16.5. The van der Waals surface area contributed by atoms with Crippen molar-refractivity contribution in [3.63, 3.8) is 0 Å². The number of benzene rings is 1. The number of carbonyl (C=O) groups is 1. The van der Waals surface area contributed by atoms with E-state index in [-0.39, 0.29) is 5.78 Å². The van der Waals surface area contributed by atoms with Crippen molar-refractivity contribution in [2.24, 2.45) is 0 Å². The molecule has 0 spiro atoms. The van der Waals surface area contributed by atoms with Crippen LogP contribution in [0.3, 0.4) is 0 Å². The number of rotatable bonds is 8. The van der Waals surface area contributed by atoms with Crippen LogP contribution < -0.4 is 9.47 Å². The van der Waals surface area contributed by atoms with E-state index in [1.165, 1.54) is 7.11 Å². The third kappa shape index (κ3) is 3.99. The largest absolute Gasteiger partial charge is 0.493 e. The molecule has 0 aliphatic carbocycles. The van der Waals surface area contributed by atoms with Gasteiger partial charge in [-0.15, -0.1) is 0 Å². The summed E-state index contributed by atoms with van der Waals surface area (Å²) >= 11 is 0. The number of Topliss-reactive ketones (excluding diaryl/α,β-unsaturated/α-hetero) is 1. The van der Waals surface area contributed by atoms with Gasteiger partial charge in [-0.3, -0.25) is 4.79 Å². The van der Waals surface area contributed by atoms with Gasteiger partial charge in [-0.25, -0.2) is 0 Å². The van der Waals surface area contributed by atoms with Gasteiger partial charge in [-0.2, -0.15) is 5.26 Å². The van der Waals surface area contributed by atoms with E-state index in [0.717, 1.165) is 19.3 Å². The van der Waals surface area contributed by atoms with E-state index >= 15 is 0 Å². The molecule has 0 aliphatic rings. The molecule has 20 heavy (non-hydrogen) atoms. The maximum Gasteiger partial charge on any atom is 0.161 e. The Balaban J connectivity index is 2.90. The molecule has 0 aromatic heterocycles. The van der Waals surface area contributed by atoms with Crippen molar-refractivity contribution in [2.75, 3.05) is 14.2 Å². The number of hydrogen-bond donors (Lipinski definition) is 0. The molecular formula is C16H21NO3. The minimum Gasteiger partial charge on any atom is -0.493 e. The molecule has 0 radical (unpaired) electrons. The summed E-state index contributed by atoms with van der Waals surface area (Å²) in [5.74, 6) is 0.359. The third-order valence-electron chi connectivity index (χ3n) is 3.22. The summed E-state index contributed by atoms with van der Waals surface area (Å²) in [5, 5.41) is 9.25. The van der Waals surface area contributed by atoms with Crippen LogP contribution in [0.1, 0.15) is 44.1 Å². The van der Waals surface area contributed by atoms with Crippen LogP contribution in [0.4, 0.5) is 0 Å². The van der Waals surface area contributed by atoms with Crippen LogP contribution in [-0.2, 0) is 4.79 Å². The Bertz CT molecular complexity index is 491. The first-order valence-corrected chi connectivity index (χ1v) is 6.82. The second-order valence-corrected chi connectivity index (χ2v) is 4.60. The molecule has 0 amide bonds. The zero-order valence-electron chi connectivity index (χ0n) is 12.3. The van der Waals surface area contributed by atoms with Gasteiger partial charge < -0.3 is 9.47 Å². The molecule has 1 rings (SSSR count). The predicted molar refractivity (Wildman–Crippen MR) is 77.0 cm³/mol. The second kappa shape index (κ2) is 8.21. The summed E-state index contributed by atoms with van der Waals surface area (Å²) in [6.45, 7) is 2.08. The van der Waals surface area contributed by atoms with Gasteiger partial charge >= 0.3 is 0 Å². The van der Waals surface area contributed by atoms with Gasteiger partial charge in [0.1, 0.15) is 5.92 Å². The molecule has 0 bridgehead atoms. The lowest BCUT2D eigenvalue weighted by molar-refractivity contribution is -0.119. The van der Waals surface area contributed by atoms with E-state index in [9.17, 15) is 10.1 Å². The summed E-state index contributed by atoms with van der Waals surface area (Å²) in [6.07, 6.45) is 3.35. The van der Waals surface area contributed by atoms with E-state index in [0.29, 0.717) is 23.5 Å². The van der Waals surface area contributed by atoms with Crippen molar-refractivity contribution in [3.05, 3.63) is 23.8 Å². The lowest BCUT2D eigenvalue weighted by Gasteiger charge is -2.12. The summed E-state index contributed by atoms with van der Waals surface area (Å²) in [6, 6.07) is 7.25. The molecule has 4 nitrogen and oxygen atoms in total. The molecule has 0 fully saturated rings. The van der Waals surface area contributed by atoms with E-state index < -0.39 is 5.92 Å². The monoisotopic (exact) mass is 275 g/mol. The number of ketones is 1. The molecule has 0 N–H and O–H groups in total. The van der Waals surface area contributed by atoms with Gasteiger partial charge in [0.15, 0.2) is 17.3 Å². The Labute approximate surface area is 120 Å². The molecular weight excluding hydrogens is 254 g/mol. The SMILES string of the molecule is CCCCCC(=O)C(C#N)c1ccc(OC)c(OC)c1. The van der Waals surface area contributed by atoms with Crippen LogP contribution in [0.2, 0.25) is 0 Å². The number of methoxy groups -OCH3 is 2. The fourth-order valence-electron chi connectivity index (χ4n) is 2.06. The van der Waals surface area contributed by atoms with Crippen LogP contribution in [0, 0.1) is 11.3 Å². The minimum absolute atomic E-state index is 0.0341. The van der Waals surface area contributed by atoms with Gasteiger partial charge in [-0.05, 0) is 24.1 Å². The highest BCUT2D eigenvalue weighted by Crippen LogP contribution is 2.31. The van der Waals surface area contributed by atoms with E-state index in [1.807, 2.05) is 0 Å². The summed E-state index contributed by atoms with van der Waals surface area (Å²) in [7, 11) is 3.08. The number of unbranched alkanes of at least 4 members (excludes halogenated alkanes) is 2. The smallest absolute Gasteiger partial charge is 0.161 e. The Hall–Kier alpha value is -2.02. The fourth-order valence-corrected chi connectivity index (χ4v) is 2.06. The van der Waals surface area contributed by atoms with Crippen LogP contribution in [0.5, 0.6) is 11.5 Å². The molecule has 108 valence electrons. The lowest BCUT2D eigenvalue weighted by atomic mass is 9.92. The van der Waals surface area contributed by atoms with Crippen molar-refractivity contribution in [3.8, 4) is 17.6 Å². The first-order valence-electron chi connectivity index (χ1n) is 6.82. The third-order valence-corrected chi connectivity index (χ3v) is 3.22. The Morgan fingerprint density at radius 2 is 1.95 bits per heavy atom. The first kappa shape index (κ1) is 16.0. The molecule has 0 heterocycles. The van der Waals surface area contributed by atoms with E-state index in [4.69, 9.17) is 9.47 Å². The van der Waals surface area contributed by atoms with Crippen LogP contribution in [0.15, 0.2) is 18.2 Å². The normalized spacial score (nSPS) is 11.5. The Kier molecular flexibility index (Phi) is 6.58. The van der Waals surface area contributed by atoms with Crippen LogP contribution >= 0.6 is 0 Å². The maximum atomic E-state index is 12.1. The highest BCUT2D eigenvalue weighted by molar-refractivity contribution is 5.88. The minimum atomic E-state index is -0.730. The number of nitriles is 1. The van der Waals surface area contributed by atoms with E-state index in [1.54, 1.807) is 25.3 Å². The van der Waals surface area contributed by atoms with Crippen molar-refractivity contribution >= 4 is 5.78 Å². The van der Waals surface area contributed by atoms with Crippen molar-refractivity contribution in [2.45, 2.75) is 38.5 Å². The highest BCUT2D eigenvalue weighted by Gasteiger charge is 2.21.